The van der Waals surface area contributed by atoms with E-state index in [-0.39, 0.29) is 17.3 Å². The van der Waals surface area contributed by atoms with Gasteiger partial charge in [0.25, 0.3) is 0 Å². The first-order valence-corrected chi connectivity index (χ1v) is 6.69. The van der Waals surface area contributed by atoms with Crippen molar-refractivity contribution in [1.29, 1.82) is 0 Å². The summed E-state index contributed by atoms with van der Waals surface area (Å²) in [5.41, 5.74) is -0.378. The maximum absolute atomic E-state index is 11.7. The van der Waals surface area contributed by atoms with Crippen molar-refractivity contribution in [3.05, 3.63) is 0 Å². The van der Waals surface area contributed by atoms with E-state index >= 15 is 0 Å². The lowest BCUT2D eigenvalue weighted by molar-refractivity contribution is 0.486. The smallest absolute Gasteiger partial charge is 0.213 e. The standard InChI is InChI=1S/C9H20N2O2S/c1-9(2,3)11-14(12,13)7-8-5-4-6-10-8/h8,10-11H,4-7H2,1-3H3. The van der Waals surface area contributed by atoms with Crippen molar-refractivity contribution in [2.45, 2.75) is 45.2 Å². The van der Waals surface area contributed by atoms with Crippen molar-refractivity contribution in [1.82, 2.24) is 10.0 Å². The third kappa shape index (κ3) is 4.39. The third-order valence-electron chi connectivity index (χ3n) is 2.04. The molecule has 1 rings (SSSR count). The fourth-order valence-corrected chi connectivity index (χ4v) is 3.50. The second kappa shape index (κ2) is 4.16. The molecule has 0 aromatic carbocycles. The average molecular weight is 220 g/mol. The molecular weight excluding hydrogens is 200 g/mol. The van der Waals surface area contributed by atoms with Gasteiger partial charge in [-0.3, -0.25) is 0 Å². The summed E-state index contributed by atoms with van der Waals surface area (Å²) in [5.74, 6) is 0.199. The van der Waals surface area contributed by atoms with E-state index in [4.69, 9.17) is 0 Å². The van der Waals surface area contributed by atoms with Crippen LogP contribution in [0.3, 0.4) is 0 Å². The molecular formula is C9H20N2O2S. The van der Waals surface area contributed by atoms with E-state index in [1.54, 1.807) is 0 Å². The second-order valence-electron chi connectivity index (χ2n) is 4.93. The van der Waals surface area contributed by atoms with E-state index < -0.39 is 10.0 Å². The third-order valence-corrected chi connectivity index (χ3v) is 3.81. The molecule has 1 fully saturated rings. The molecule has 1 aliphatic heterocycles. The van der Waals surface area contributed by atoms with E-state index in [9.17, 15) is 8.42 Å². The molecule has 1 unspecified atom stereocenters. The minimum Gasteiger partial charge on any atom is -0.313 e. The molecule has 0 aromatic heterocycles. The van der Waals surface area contributed by atoms with Gasteiger partial charge in [-0.05, 0) is 40.2 Å². The Kier molecular flexibility index (Phi) is 3.55. The Morgan fingerprint density at radius 3 is 2.50 bits per heavy atom. The van der Waals surface area contributed by atoms with Gasteiger partial charge in [-0.15, -0.1) is 0 Å². The lowest BCUT2D eigenvalue weighted by Crippen LogP contribution is -2.45. The molecule has 0 bridgehead atoms. The fourth-order valence-electron chi connectivity index (χ4n) is 1.67. The fraction of sp³-hybridized carbons (Fsp3) is 1.00. The van der Waals surface area contributed by atoms with Crippen molar-refractivity contribution in [2.24, 2.45) is 0 Å². The number of hydrogen-bond donors (Lipinski definition) is 2. The Labute approximate surface area is 86.5 Å². The van der Waals surface area contributed by atoms with Gasteiger partial charge in [0.15, 0.2) is 0 Å². The lowest BCUT2D eigenvalue weighted by Gasteiger charge is -2.21. The van der Waals surface area contributed by atoms with Crippen LogP contribution in [0.1, 0.15) is 33.6 Å². The summed E-state index contributed by atoms with van der Waals surface area (Å²) in [6.07, 6.45) is 2.04. The molecule has 1 atom stereocenters. The normalized spacial score (nSPS) is 24.1. The quantitative estimate of drug-likeness (QED) is 0.726. The summed E-state index contributed by atoms with van der Waals surface area (Å²) in [6, 6.07) is 0.134. The predicted octanol–water partition coefficient (Wildman–Crippen LogP) is 0.456. The maximum atomic E-state index is 11.7. The zero-order chi connectivity index (χ0) is 10.8. The van der Waals surface area contributed by atoms with Crippen molar-refractivity contribution in [3.8, 4) is 0 Å². The van der Waals surface area contributed by atoms with Crippen LogP contribution in [0, 0.1) is 0 Å². The van der Waals surface area contributed by atoms with Gasteiger partial charge in [0, 0.05) is 11.6 Å². The van der Waals surface area contributed by atoms with Gasteiger partial charge in [0.2, 0.25) is 10.0 Å². The van der Waals surface area contributed by atoms with Crippen LogP contribution < -0.4 is 10.0 Å². The first-order valence-electron chi connectivity index (χ1n) is 5.03. The van der Waals surface area contributed by atoms with Crippen molar-refractivity contribution in [3.63, 3.8) is 0 Å². The molecule has 4 nitrogen and oxygen atoms in total. The van der Waals surface area contributed by atoms with Crippen LogP contribution in [-0.2, 0) is 10.0 Å². The molecule has 1 saturated heterocycles. The Morgan fingerprint density at radius 1 is 1.43 bits per heavy atom. The molecule has 0 spiro atoms. The molecule has 14 heavy (non-hydrogen) atoms. The zero-order valence-electron chi connectivity index (χ0n) is 9.13. The van der Waals surface area contributed by atoms with E-state index in [0.717, 1.165) is 19.4 Å². The van der Waals surface area contributed by atoms with Crippen LogP contribution in [0.5, 0.6) is 0 Å². The monoisotopic (exact) mass is 220 g/mol. The molecule has 0 aromatic rings. The predicted molar refractivity (Wildman–Crippen MR) is 57.7 cm³/mol. The van der Waals surface area contributed by atoms with Crippen LogP contribution in [0.4, 0.5) is 0 Å². The van der Waals surface area contributed by atoms with Crippen molar-refractivity contribution >= 4 is 10.0 Å². The van der Waals surface area contributed by atoms with E-state index in [0.29, 0.717) is 0 Å². The largest absolute Gasteiger partial charge is 0.313 e. The first kappa shape index (κ1) is 11.9. The molecule has 2 N–H and O–H groups in total. The Bertz CT molecular complexity index is 274. The summed E-state index contributed by atoms with van der Waals surface area (Å²) >= 11 is 0. The van der Waals surface area contributed by atoms with Crippen LogP contribution >= 0.6 is 0 Å². The number of sulfonamides is 1. The summed E-state index contributed by atoms with van der Waals surface area (Å²) in [5, 5.41) is 3.18. The summed E-state index contributed by atoms with van der Waals surface area (Å²) in [4.78, 5) is 0. The van der Waals surface area contributed by atoms with Gasteiger partial charge in [-0.1, -0.05) is 0 Å². The Balaban J connectivity index is 2.49. The van der Waals surface area contributed by atoms with Crippen molar-refractivity contribution in [2.75, 3.05) is 12.3 Å². The van der Waals surface area contributed by atoms with Crippen LogP contribution in [0.25, 0.3) is 0 Å². The van der Waals surface area contributed by atoms with Crippen molar-refractivity contribution < 1.29 is 8.42 Å². The molecule has 1 heterocycles. The molecule has 0 amide bonds. The van der Waals surface area contributed by atoms with E-state index in [2.05, 4.69) is 10.0 Å². The average Bonchev–Trinajstić information content (AvgIpc) is 2.31. The molecule has 0 aliphatic carbocycles. The van der Waals surface area contributed by atoms with E-state index in [1.165, 1.54) is 0 Å². The highest BCUT2D eigenvalue weighted by atomic mass is 32.2. The highest BCUT2D eigenvalue weighted by Gasteiger charge is 2.25. The number of nitrogens with one attached hydrogen (secondary N) is 2. The van der Waals surface area contributed by atoms with Crippen LogP contribution in [-0.4, -0.2) is 32.3 Å². The highest BCUT2D eigenvalue weighted by molar-refractivity contribution is 7.89. The first-order chi connectivity index (χ1) is 6.29. The Morgan fingerprint density at radius 2 is 2.07 bits per heavy atom. The van der Waals surface area contributed by atoms with Gasteiger partial charge < -0.3 is 5.32 Å². The minimum absolute atomic E-state index is 0.134. The second-order valence-corrected chi connectivity index (χ2v) is 6.69. The summed E-state index contributed by atoms with van der Waals surface area (Å²) < 4.78 is 26.0. The summed E-state index contributed by atoms with van der Waals surface area (Å²) in [7, 11) is -3.14. The highest BCUT2D eigenvalue weighted by Crippen LogP contribution is 2.09. The lowest BCUT2D eigenvalue weighted by atomic mass is 10.1. The maximum Gasteiger partial charge on any atom is 0.213 e. The molecule has 84 valence electrons. The summed E-state index contributed by atoms with van der Waals surface area (Å²) in [6.45, 7) is 6.50. The zero-order valence-corrected chi connectivity index (χ0v) is 9.95. The topological polar surface area (TPSA) is 58.2 Å². The Hall–Kier alpha value is -0.130. The van der Waals surface area contributed by atoms with Gasteiger partial charge in [0.05, 0.1) is 5.75 Å². The molecule has 0 saturated carbocycles. The molecule has 0 radical (unpaired) electrons. The van der Waals surface area contributed by atoms with Crippen LogP contribution in [0.2, 0.25) is 0 Å². The molecule has 1 aliphatic rings. The van der Waals surface area contributed by atoms with Gasteiger partial charge in [-0.2, -0.15) is 0 Å². The van der Waals surface area contributed by atoms with Gasteiger partial charge >= 0.3 is 0 Å². The minimum atomic E-state index is -3.14. The SMILES string of the molecule is CC(C)(C)NS(=O)(=O)CC1CCCN1. The van der Waals surface area contributed by atoms with Gasteiger partial charge in [-0.25, -0.2) is 13.1 Å². The van der Waals surface area contributed by atoms with Gasteiger partial charge in [0.1, 0.15) is 0 Å². The molecule has 5 heteroatoms. The van der Waals surface area contributed by atoms with Crippen LogP contribution in [0.15, 0.2) is 0 Å². The number of rotatable bonds is 3. The van der Waals surface area contributed by atoms with E-state index in [1.807, 2.05) is 20.8 Å². The number of hydrogen-bond acceptors (Lipinski definition) is 3.